The number of hydrogen-bond acceptors (Lipinski definition) is 4. The summed E-state index contributed by atoms with van der Waals surface area (Å²) in [5.74, 6) is -0.379. The molecule has 2 heterocycles. The van der Waals surface area contributed by atoms with Crippen molar-refractivity contribution in [3.63, 3.8) is 0 Å². The lowest BCUT2D eigenvalue weighted by Gasteiger charge is -2.36. The standard InChI is InChI=1S/C19H25N3O4/c1-3-26-18(23)16-15(13-22-9-11-25-12-10-22)21(2)19(24)20-17(16)14-7-5-4-6-8-14/h4-8,17H,3,9-13H2,1-2H3,(H,20,24)/p+1/t17-/m1/s1. The van der Waals surface area contributed by atoms with Crippen LogP contribution < -0.4 is 10.2 Å². The number of ether oxygens (including phenoxy) is 2. The van der Waals surface area contributed by atoms with Crippen molar-refractivity contribution in [2.24, 2.45) is 0 Å². The van der Waals surface area contributed by atoms with Crippen molar-refractivity contribution in [3.8, 4) is 0 Å². The summed E-state index contributed by atoms with van der Waals surface area (Å²) in [6, 6.07) is 8.81. The summed E-state index contributed by atoms with van der Waals surface area (Å²) < 4.78 is 10.7. The molecule has 26 heavy (non-hydrogen) atoms. The van der Waals surface area contributed by atoms with E-state index in [4.69, 9.17) is 9.47 Å². The van der Waals surface area contributed by atoms with Gasteiger partial charge in [-0.15, -0.1) is 0 Å². The van der Waals surface area contributed by atoms with Gasteiger partial charge in [0, 0.05) is 7.05 Å². The quantitative estimate of drug-likeness (QED) is 0.732. The second-order valence-corrected chi connectivity index (χ2v) is 6.47. The first-order valence-electron chi connectivity index (χ1n) is 9.02. The molecule has 0 aromatic heterocycles. The molecule has 0 aliphatic carbocycles. The second-order valence-electron chi connectivity index (χ2n) is 6.47. The predicted octanol–water partition coefficient (Wildman–Crippen LogP) is 0.115. The van der Waals surface area contributed by atoms with Crippen LogP contribution >= 0.6 is 0 Å². The van der Waals surface area contributed by atoms with Crippen molar-refractivity contribution in [2.75, 3.05) is 46.5 Å². The summed E-state index contributed by atoms with van der Waals surface area (Å²) in [4.78, 5) is 28.2. The zero-order valence-corrected chi connectivity index (χ0v) is 15.3. The van der Waals surface area contributed by atoms with Gasteiger partial charge in [-0.2, -0.15) is 0 Å². The van der Waals surface area contributed by atoms with Crippen LogP contribution in [0.15, 0.2) is 41.6 Å². The normalized spacial score (nSPS) is 21.5. The van der Waals surface area contributed by atoms with Gasteiger partial charge in [0.15, 0.2) is 0 Å². The van der Waals surface area contributed by atoms with Crippen LogP contribution in [0.3, 0.4) is 0 Å². The number of carbonyl (C=O) groups excluding carboxylic acids is 2. The molecule has 0 unspecified atom stereocenters. The first kappa shape index (κ1) is 18.4. The fourth-order valence-corrected chi connectivity index (χ4v) is 3.39. The van der Waals surface area contributed by atoms with E-state index in [1.54, 1.807) is 14.0 Å². The molecule has 0 saturated carbocycles. The van der Waals surface area contributed by atoms with Gasteiger partial charge in [0.25, 0.3) is 0 Å². The average molecular weight is 360 g/mol. The number of likely N-dealkylation sites (N-methyl/N-ethyl adjacent to an activating group) is 1. The molecule has 1 saturated heterocycles. The minimum atomic E-state index is -0.505. The van der Waals surface area contributed by atoms with Crippen LogP contribution in [0.1, 0.15) is 18.5 Å². The summed E-state index contributed by atoms with van der Waals surface area (Å²) in [5.41, 5.74) is 2.10. The molecule has 0 spiro atoms. The molecule has 140 valence electrons. The van der Waals surface area contributed by atoms with Crippen LogP contribution in [0.5, 0.6) is 0 Å². The number of quaternary nitrogens is 1. The first-order chi connectivity index (χ1) is 12.6. The van der Waals surface area contributed by atoms with Crippen molar-refractivity contribution < 1.29 is 24.0 Å². The van der Waals surface area contributed by atoms with Gasteiger partial charge in [-0.05, 0) is 12.5 Å². The van der Waals surface area contributed by atoms with Crippen molar-refractivity contribution in [2.45, 2.75) is 13.0 Å². The number of hydrogen-bond donors (Lipinski definition) is 2. The van der Waals surface area contributed by atoms with Crippen LogP contribution in [0.25, 0.3) is 0 Å². The van der Waals surface area contributed by atoms with Gasteiger partial charge in [0.1, 0.15) is 19.6 Å². The number of morpholine rings is 1. The Morgan fingerprint density at radius 2 is 2.00 bits per heavy atom. The van der Waals surface area contributed by atoms with Gasteiger partial charge in [0.05, 0.1) is 37.1 Å². The highest BCUT2D eigenvalue weighted by molar-refractivity contribution is 5.95. The lowest BCUT2D eigenvalue weighted by Crippen LogP contribution is -3.14. The SMILES string of the molecule is CCOC(=O)C1=C(C[NH+]2CCOCC2)N(C)C(=O)N[C@@H]1c1ccccc1. The van der Waals surface area contributed by atoms with Crippen LogP contribution in [0.4, 0.5) is 4.79 Å². The molecule has 0 bridgehead atoms. The van der Waals surface area contributed by atoms with Gasteiger partial charge in [-0.25, -0.2) is 9.59 Å². The molecule has 2 aliphatic heterocycles. The van der Waals surface area contributed by atoms with Crippen molar-refractivity contribution in [1.82, 2.24) is 10.2 Å². The lowest BCUT2D eigenvalue weighted by atomic mass is 9.94. The number of esters is 1. The topological polar surface area (TPSA) is 72.3 Å². The Morgan fingerprint density at radius 1 is 1.31 bits per heavy atom. The highest BCUT2D eigenvalue weighted by Crippen LogP contribution is 2.30. The van der Waals surface area contributed by atoms with Crippen LogP contribution in [-0.2, 0) is 14.3 Å². The molecular weight excluding hydrogens is 334 g/mol. The van der Waals surface area contributed by atoms with E-state index in [1.807, 2.05) is 30.3 Å². The Bertz CT molecular complexity index is 683. The van der Waals surface area contributed by atoms with Gasteiger partial charge >= 0.3 is 12.0 Å². The van der Waals surface area contributed by atoms with E-state index in [9.17, 15) is 9.59 Å². The smallest absolute Gasteiger partial charge is 0.338 e. The summed E-state index contributed by atoms with van der Waals surface area (Å²) >= 11 is 0. The second kappa shape index (κ2) is 8.33. The average Bonchev–Trinajstić information content (AvgIpc) is 2.67. The third-order valence-corrected chi connectivity index (χ3v) is 4.82. The number of urea groups is 1. The molecule has 1 atom stereocenters. The molecule has 1 aromatic rings. The Balaban J connectivity index is 2.02. The first-order valence-corrected chi connectivity index (χ1v) is 9.02. The minimum absolute atomic E-state index is 0.213. The highest BCUT2D eigenvalue weighted by atomic mass is 16.5. The fraction of sp³-hybridized carbons (Fsp3) is 0.474. The van der Waals surface area contributed by atoms with Crippen LogP contribution in [-0.4, -0.2) is 63.4 Å². The monoisotopic (exact) mass is 360 g/mol. The van der Waals surface area contributed by atoms with Crippen LogP contribution in [0.2, 0.25) is 0 Å². The van der Waals surface area contributed by atoms with E-state index in [0.717, 1.165) is 24.4 Å². The number of amides is 2. The van der Waals surface area contributed by atoms with Gasteiger partial charge in [-0.1, -0.05) is 30.3 Å². The van der Waals surface area contributed by atoms with E-state index in [1.165, 1.54) is 9.80 Å². The van der Waals surface area contributed by atoms with Crippen molar-refractivity contribution >= 4 is 12.0 Å². The molecule has 1 fully saturated rings. The Labute approximate surface area is 153 Å². The molecule has 0 radical (unpaired) electrons. The molecule has 2 N–H and O–H groups in total. The Morgan fingerprint density at radius 3 is 2.65 bits per heavy atom. The van der Waals surface area contributed by atoms with Crippen molar-refractivity contribution in [3.05, 3.63) is 47.2 Å². The Hall–Kier alpha value is -2.38. The van der Waals surface area contributed by atoms with E-state index >= 15 is 0 Å². The van der Waals surface area contributed by atoms with E-state index in [-0.39, 0.29) is 12.0 Å². The fourth-order valence-electron chi connectivity index (χ4n) is 3.39. The lowest BCUT2D eigenvalue weighted by molar-refractivity contribution is -0.904. The van der Waals surface area contributed by atoms with Crippen molar-refractivity contribution in [1.29, 1.82) is 0 Å². The van der Waals surface area contributed by atoms with E-state index < -0.39 is 6.04 Å². The number of rotatable bonds is 5. The molecule has 3 rings (SSSR count). The molecular formula is C19H26N3O4+. The summed E-state index contributed by atoms with van der Waals surface area (Å²) in [7, 11) is 1.70. The predicted molar refractivity (Wildman–Crippen MR) is 95.5 cm³/mol. The minimum Gasteiger partial charge on any atom is -0.463 e. The third kappa shape index (κ3) is 3.89. The zero-order valence-electron chi connectivity index (χ0n) is 15.3. The summed E-state index contributed by atoms with van der Waals surface area (Å²) in [6.45, 7) is 5.75. The molecule has 1 aromatic carbocycles. The number of nitrogens with one attached hydrogen (secondary N) is 2. The van der Waals surface area contributed by atoms with Crippen LogP contribution in [0, 0.1) is 0 Å². The van der Waals surface area contributed by atoms with E-state index in [2.05, 4.69) is 5.32 Å². The maximum Gasteiger partial charge on any atom is 0.338 e. The molecule has 2 amide bonds. The Kier molecular flexibility index (Phi) is 5.90. The van der Waals surface area contributed by atoms with Gasteiger partial charge in [0.2, 0.25) is 0 Å². The molecule has 7 nitrogen and oxygen atoms in total. The summed E-state index contributed by atoms with van der Waals surface area (Å²) in [5, 5.41) is 2.93. The number of benzene rings is 1. The molecule has 7 heteroatoms. The number of nitrogens with zero attached hydrogens (tertiary/aromatic N) is 1. The largest absolute Gasteiger partial charge is 0.463 e. The zero-order chi connectivity index (χ0) is 18.5. The maximum absolute atomic E-state index is 12.8. The molecule has 2 aliphatic rings. The van der Waals surface area contributed by atoms with Gasteiger partial charge in [-0.3, -0.25) is 4.90 Å². The highest BCUT2D eigenvalue weighted by Gasteiger charge is 2.38. The van der Waals surface area contributed by atoms with Gasteiger partial charge < -0.3 is 19.7 Å². The third-order valence-electron chi connectivity index (χ3n) is 4.82. The summed E-state index contributed by atoms with van der Waals surface area (Å²) in [6.07, 6.45) is 0. The van der Waals surface area contributed by atoms with E-state index in [0.29, 0.717) is 31.9 Å². The maximum atomic E-state index is 12.8. The number of carbonyl (C=O) groups is 2.